The molecule has 27 heavy (non-hydrogen) atoms. The fraction of sp³-hybridized carbons (Fsp3) is 0.143. The second kappa shape index (κ2) is 7.96. The fourth-order valence-electron chi connectivity index (χ4n) is 3.26. The van der Waals surface area contributed by atoms with E-state index in [2.05, 4.69) is 101 Å². The van der Waals surface area contributed by atoms with E-state index in [-0.39, 0.29) is 0 Å². The Morgan fingerprint density at radius 2 is 1.00 bits per heavy atom. The van der Waals surface area contributed by atoms with Crippen molar-refractivity contribution in [3.05, 3.63) is 77.3 Å². The van der Waals surface area contributed by atoms with Crippen LogP contribution >= 0.6 is 25.2 Å². The van der Waals surface area contributed by atoms with Crippen molar-refractivity contribution in [2.24, 2.45) is 0 Å². The van der Waals surface area contributed by atoms with Crippen LogP contribution in [0.15, 0.2) is 77.3 Å². The molecule has 3 aromatic rings. The van der Waals surface area contributed by atoms with Gasteiger partial charge in [0.05, 0.1) is 20.0 Å². The van der Waals surface area contributed by atoms with E-state index >= 15 is 0 Å². The van der Waals surface area contributed by atoms with E-state index in [1.807, 2.05) is 12.1 Å². The molecule has 0 amide bonds. The van der Waals surface area contributed by atoms with Gasteiger partial charge in [0.25, 0.3) is 0 Å². The first kappa shape index (κ1) is 18.4. The Morgan fingerprint density at radius 3 is 1.44 bits per heavy atom. The number of rotatable bonds is 3. The average molecular weight is 436 g/mol. The normalized spacial score (nSPS) is 14.5. The van der Waals surface area contributed by atoms with E-state index in [9.17, 15) is 0 Å². The van der Waals surface area contributed by atoms with Gasteiger partial charge in [0, 0.05) is 21.5 Å². The summed E-state index contributed by atoms with van der Waals surface area (Å²) in [5.41, 5.74) is 4.36. The van der Waals surface area contributed by atoms with Crippen molar-refractivity contribution in [1.82, 2.24) is 0 Å². The van der Waals surface area contributed by atoms with Crippen LogP contribution in [-0.2, 0) is 0 Å². The van der Waals surface area contributed by atoms with Crippen LogP contribution in [0.25, 0.3) is 0 Å². The van der Waals surface area contributed by atoms with Crippen LogP contribution in [0.5, 0.6) is 0 Å². The summed E-state index contributed by atoms with van der Waals surface area (Å²) in [6, 6.07) is 25.2. The van der Waals surface area contributed by atoms with E-state index in [4.69, 9.17) is 7.85 Å². The van der Waals surface area contributed by atoms with Gasteiger partial charge in [-0.1, -0.05) is 45.7 Å². The van der Waals surface area contributed by atoms with Gasteiger partial charge in [-0.3, -0.25) is 0 Å². The molecule has 1 aliphatic heterocycles. The number of hydrogen-bond donors (Lipinski definition) is 0. The number of nitrogens with zero attached hydrogens (tertiary/aromatic N) is 3. The van der Waals surface area contributed by atoms with Crippen molar-refractivity contribution in [2.75, 3.05) is 34.7 Å². The fourth-order valence-corrected chi connectivity index (χ4v) is 3.72. The number of anilines is 3. The molecule has 1 aliphatic rings. The summed E-state index contributed by atoms with van der Waals surface area (Å²) in [6.07, 6.45) is 0. The number of halogens is 1. The van der Waals surface area contributed by atoms with Gasteiger partial charge in [-0.2, -0.15) is 0 Å². The average Bonchev–Trinajstić information content (AvgIpc) is 2.69. The summed E-state index contributed by atoms with van der Waals surface area (Å²) in [5.74, 6) is 0. The molecule has 1 fully saturated rings. The quantitative estimate of drug-likeness (QED) is 0.460. The van der Waals surface area contributed by atoms with Crippen molar-refractivity contribution in [3.8, 4) is 0 Å². The predicted octanol–water partition coefficient (Wildman–Crippen LogP) is 3.45. The third-order valence-corrected chi connectivity index (χ3v) is 5.65. The third kappa shape index (κ3) is 4.31. The van der Waals surface area contributed by atoms with Crippen molar-refractivity contribution in [1.29, 1.82) is 0 Å². The molecule has 1 unspecified atom stereocenters. The Kier molecular flexibility index (Phi) is 5.42. The van der Waals surface area contributed by atoms with Crippen LogP contribution in [-0.4, -0.2) is 27.9 Å². The van der Waals surface area contributed by atoms with Crippen molar-refractivity contribution in [2.45, 2.75) is 0 Å². The molecule has 0 saturated carbocycles. The van der Waals surface area contributed by atoms with Gasteiger partial charge in [0.1, 0.15) is 7.85 Å². The molecule has 2 radical (unpaired) electrons. The Bertz CT molecular complexity index is 772. The summed E-state index contributed by atoms with van der Waals surface area (Å²) in [4.78, 5) is 7.12. The molecule has 0 spiro atoms. The second-order valence-electron chi connectivity index (χ2n) is 6.70. The molecule has 6 heteroatoms. The lowest BCUT2D eigenvalue weighted by Gasteiger charge is -2.45. The minimum Gasteiger partial charge on any atom is -0.336 e. The SMILES string of the molecule is [B]c1ccc(N2CN(c3ccc(P)cc3)CN(c3ccc(Br)cc3)C2)cc1. The molecular formula is C21H20BBrN3P. The van der Waals surface area contributed by atoms with Crippen LogP contribution in [0.2, 0.25) is 0 Å². The maximum atomic E-state index is 5.88. The first-order valence-electron chi connectivity index (χ1n) is 8.80. The van der Waals surface area contributed by atoms with Gasteiger partial charge >= 0.3 is 0 Å². The van der Waals surface area contributed by atoms with Crippen molar-refractivity contribution in [3.63, 3.8) is 0 Å². The Hall–Kier alpha value is -1.97. The monoisotopic (exact) mass is 435 g/mol. The molecule has 3 nitrogen and oxygen atoms in total. The first-order valence-corrected chi connectivity index (χ1v) is 10.2. The summed E-state index contributed by atoms with van der Waals surface area (Å²) >= 11 is 3.53. The lowest BCUT2D eigenvalue weighted by Crippen LogP contribution is -2.55. The number of benzene rings is 3. The molecular weight excluding hydrogens is 416 g/mol. The Labute approximate surface area is 172 Å². The highest BCUT2D eigenvalue weighted by molar-refractivity contribution is 9.10. The summed E-state index contributed by atoms with van der Waals surface area (Å²) < 4.78 is 1.09. The van der Waals surface area contributed by atoms with E-state index in [1.54, 1.807) is 0 Å². The molecule has 1 saturated heterocycles. The first-order chi connectivity index (χ1) is 13.1. The summed E-state index contributed by atoms with van der Waals surface area (Å²) in [7, 11) is 8.62. The largest absolute Gasteiger partial charge is 0.336 e. The standard InChI is InChI=1S/C21H20BBrN3P/c22-16-1-5-18(6-2-16)24-13-25(19-7-3-17(23)4-8-19)15-26(14-24)20-9-11-21(27)12-10-20/h1-12H,13-15,27H2. The summed E-state index contributed by atoms with van der Waals surface area (Å²) in [5, 5.41) is 1.19. The highest BCUT2D eigenvalue weighted by atomic mass is 79.9. The molecule has 134 valence electrons. The number of hydrogen-bond acceptors (Lipinski definition) is 3. The van der Waals surface area contributed by atoms with Gasteiger partial charge in [-0.05, 0) is 53.8 Å². The Morgan fingerprint density at radius 1 is 0.630 bits per heavy atom. The maximum absolute atomic E-state index is 5.88. The smallest absolute Gasteiger partial charge is 0.113 e. The van der Waals surface area contributed by atoms with E-state index < -0.39 is 0 Å². The summed E-state index contributed by atoms with van der Waals surface area (Å²) in [6.45, 7) is 2.49. The van der Waals surface area contributed by atoms with E-state index in [1.165, 1.54) is 22.4 Å². The Balaban J connectivity index is 1.66. The molecule has 0 aliphatic carbocycles. The molecule has 0 bridgehead atoms. The van der Waals surface area contributed by atoms with Crippen molar-refractivity contribution >= 4 is 60.8 Å². The van der Waals surface area contributed by atoms with Gasteiger partial charge in [-0.15, -0.1) is 9.24 Å². The maximum Gasteiger partial charge on any atom is 0.113 e. The van der Waals surface area contributed by atoms with Crippen LogP contribution in [0.4, 0.5) is 17.1 Å². The molecule has 0 aromatic heterocycles. The van der Waals surface area contributed by atoms with Gasteiger partial charge < -0.3 is 14.7 Å². The zero-order chi connectivity index (χ0) is 18.8. The second-order valence-corrected chi connectivity index (χ2v) is 8.29. The van der Waals surface area contributed by atoms with Gasteiger partial charge in [0.15, 0.2) is 0 Å². The van der Waals surface area contributed by atoms with Crippen LogP contribution in [0, 0.1) is 0 Å². The zero-order valence-electron chi connectivity index (χ0n) is 14.9. The van der Waals surface area contributed by atoms with E-state index in [0.29, 0.717) is 0 Å². The van der Waals surface area contributed by atoms with Crippen molar-refractivity contribution < 1.29 is 0 Å². The predicted molar refractivity (Wildman–Crippen MR) is 124 cm³/mol. The highest BCUT2D eigenvalue weighted by Crippen LogP contribution is 2.27. The van der Waals surface area contributed by atoms with Crippen LogP contribution in [0.1, 0.15) is 0 Å². The topological polar surface area (TPSA) is 9.72 Å². The van der Waals surface area contributed by atoms with E-state index in [0.717, 1.165) is 29.9 Å². The lowest BCUT2D eigenvalue weighted by molar-refractivity contribution is 0.611. The molecule has 0 N–H and O–H groups in total. The van der Waals surface area contributed by atoms with Gasteiger partial charge in [-0.25, -0.2) is 0 Å². The van der Waals surface area contributed by atoms with Crippen LogP contribution < -0.4 is 25.5 Å². The molecule has 1 heterocycles. The molecule has 3 aromatic carbocycles. The molecule has 4 rings (SSSR count). The molecule has 1 atom stereocenters. The third-order valence-electron chi connectivity index (χ3n) is 4.73. The zero-order valence-corrected chi connectivity index (χ0v) is 17.7. The minimum absolute atomic E-state index is 0.786. The van der Waals surface area contributed by atoms with Gasteiger partial charge in [0.2, 0.25) is 0 Å². The highest BCUT2D eigenvalue weighted by Gasteiger charge is 2.24. The van der Waals surface area contributed by atoms with Crippen LogP contribution in [0.3, 0.4) is 0 Å². The minimum atomic E-state index is 0.786. The lowest BCUT2D eigenvalue weighted by atomic mass is 9.96.